The summed E-state index contributed by atoms with van der Waals surface area (Å²) in [6.45, 7) is 3.68. The van der Waals surface area contributed by atoms with E-state index in [4.69, 9.17) is 9.47 Å². The molecule has 2 fully saturated rings. The normalized spacial score (nSPS) is 18.1. The van der Waals surface area contributed by atoms with Gasteiger partial charge in [-0.2, -0.15) is 5.10 Å². The van der Waals surface area contributed by atoms with Crippen molar-refractivity contribution < 1.29 is 19.1 Å². The molecule has 2 aromatic rings. The lowest BCUT2D eigenvalue weighted by Crippen LogP contribution is -2.41. The third kappa shape index (κ3) is 4.17. The van der Waals surface area contributed by atoms with Gasteiger partial charge in [0.15, 0.2) is 0 Å². The van der Waals surface area contributed by atoms with Gasteiger partial charge in [0, 0.05) is 50.8 Å². The molecule has 3 heterocycles. The first-order valence-corrected chi connectivity index (χ1v) is 9.62. The van der Waals surface area contributed by atoms with Gasteiger partial charge in [-0.15, -0.1) is 0 Å². The molecule has 1 aromatic carbocycles. The van der Waals surface area contributed by atoms with Gasteiger partial charge >= 0.3 is 0 Å². The Bertz CT molecular complexity index is 809. The standard InChI is InChI=1S/C20H24N4O4/c25-19(24-8-10-27-11-9-24)15-2-1-3-18(12-15)28-17-4-6-23(7-5-17)20(26)16-13-21-22-14-16/h1-3,12-14,17H,4-11H2,(H,21,22). The molecule has 0 saturated carbocycles. The number of rotatable bonds is 4. The molecule has 2 aliphatic rings. The smallest absolute Gasteiger partial charge is 0.257 e. The van der Waals surface area contributed by atoms with E-state index in [1.807, 2.05) is 28.0 Å². The second-order valence-electron chi connectivity index (χ2n) is 7.03. The number of nitrogens with one attached hydrogen (secondary N) is 1. The number of ether oxygens (including phenoxy) is 2. The molecule has 2 aliphatic heterocycles. The molecule has 148 valence electrons. The fourth-order valence-corrected chi connectivity index (χ4v) is 3.57. The molecule has 0 atom stereocenters. The number of carbonyl (C=O) groups is 2. The van der Waals surface area contributed by atoms with Crippen LogP contribution in [0.2, 0.25) is 0 Å². The van der Waals surface area contributed by atoms with Crippen molar-refractivity contribution >= 4 is 11.8 Å². The van der Waals surface area contributed by atoms with Gasteiger partial charge in [-0.3, -0.25) is 14.7 Å². The molecule has 28 heavy (non-hydrogen) atoms. The van der Waals surface area contributed by atoms with Crippen molar-refractivity contribution in [2.75, 3.05) is 39.4 Å². The number of aromatic nitrogens is 2. The van der Waals surface area contributed by atoms with Crippen LogP contribution in [-0.4, -0.2) is 77.3 Å². The fourth-order valence-electron chi connectivity index (χ4n) is 3.57. The highest BCUT2D eigenvalue weighted by Gasteiger charge is 2.25. The summed E-state index contributed by atoms with van der Waals surface area (Å²) in [5, 5.41) is 6.50. The van der Waals surface area contributed by atoms with Crippen molar-refractivity contribution in [3.8, 4) is 5.75 Å². The van der Waals surface area contributed by atoms with E-state index in [2.05, 4.69) is 10.2 Å². The maximum Gasteiger partial charge on any atom is 0.257 e. The molecular weight excluding hydrogens is 360 g/mol. The van der Waals surface area contributed by atoms with E-state index in [-0.39, 0.29) is 17.9 Å². The summed E-state index contributed by atoms with van der Waals surface area (Å²) in [6, 6.07) is 7.34. The summed E-state index contributed by atoms with van der Waals surface area (Å²) < 4.78 is 11.4. The number of morpholine rings is 1. The van der Waals surface area contributed by atoms with Crippen LogP contribution in [0.1, 0.15) is 33.6 Å². The maximum absolute atomic E-state index is 12.6. The van der Waals surface area contributed by atoms with Gasteiger partial charge in [0.2, 0.25) is 0 Å². The Morgan fingerprint density at radius 2 is 1.75 bits per heavy atom. The summed E-state index contributed by atoms with van der Waals surface area (Å²) in [6.07, 6.45) is 4.70. The third-order valence-corrected chi connectivity index (χ3v) is 5.16. The van der Waals surface area contributed by atoms with Gasteiger partial charge in [0.05, 0.1) is 25.0 Å². The molecular formula is C20H24N4O4. The Morgan fingerprint density at radius 1 is 1.04 bits per heavy atom. The topological polar surface area (TPSA) is 87.8 Å². The average Bonchev–Trinajstić information content (AvgIpc) is 3.29. The minimum absolute atomic E-state index is 0.00859. The molecule has 8 nitrogen and oxygen atoms in total. The molecule has 4 rings (SSSR count). The van der Waals surface area contributed by atoms with Crippen molar-refractivity contribution in [2.24, 2.45) is 0 Å². The first-order chi connectivity index (χ1) is 13.7. The Morgan fingerprint density at radius 3 is 2.46 bits per heavy atom. The van der Waals surface area contributed by atoms with Crippen molar-refractivity contribution in [3.63, 3.8) is 0 Å². The van der Waals surface area contributed by atoms with E-state index in [1.165, 1.54) is 0 Å². The Hall–Kier alpha value is -2.87. The molecule has 2 amide bonds. The van der Waals surface area contributed by atoms with Gasteiger partial charge in [0.25, 0.3) is 11.8 Å². The zero-order valence-electron chi connectivity index (χ0n) is 15.7. The molecule has 1 aromatic heterocycles. The first kappa shape index (κ1) is 18.5. The number of carbonyl (C=O) groups excluding carboxylic acids is 2. The van der Waals surface area contributed by atoms with Gasteiger partial charge < -0.3 is 19.3 Å². The molecule has 1 N–H and O–H groups in total. The lowest BCUT2D eigenvalue weighted by molar-refractivity contribution is 0.0302. The van der Waals surface area contributed by atoms with E-state index < -0.39 is 0 Å². The second kappa shape index (κ2) is 8.43. The molecule has 8 heteroatoms. The Balaban J connectivity index is 1.33. The van der Waals surface area contributed by atoms with Crippen LogP contribution in [0.4, 0.5) is 0 Å². The zero-order chi connectivity index (χ0) is 19.3. The largest absolute Gasteiger partial charge is 0.490 e. The zero-order valence-corrected chi connectivity index (χ0v) is 15.7. The van der Waals surface area contributed by atoms with Crippen LogP contribution < -0.4 is 4.74 Å². The number of piperidine rings is 1. The molecule has 0 radical (unpaired) electrons. The number of hydrogen-bond donors (Lipinski definition) is 1. The van der Waals surface area contributed by atoms with Crippen molar-refractivity contribution in [2.45, 2.75) is 18.9 Å². The van der Waals surface area contributed by atoms with Crippen LogP contribution >= 0.6 is 0 Å². The van der Waals surface area contributed by atoms with E-state index >= 15 is 0 Å². The Labute approximate surface area is 163 Å². The van der Waals surface area contributed by atoms with Crippen LogP contribution in [-0.2, 0) is 4.74 Å². The van der Waals surface area contributed by atoms with E-state index in [9.17, 15) is 9.59 Å². The fraction of sp³-hybridized carbons (Fsp3) is 0.450. The summed E-state index contributed by atoms with van der Waals surface area (Å²) in [5.74, 6) is 0.693. The number of benzene rings is 1. The molecule has 0 bridgehead atoms. The number of nitrogens with zero attached hydrogens (tertiary/aromatic N) is 3. The highest BCUT2D eigenvalue weighted by Crippen LogP contribution is 2.22. The molecule has 2 saturated heterocycles. The quantitative estimate of drug-likeness (QED) is 0.865. The monoisotopic (exact) mass is 384 g/mol. The van der Waals surface area contributed by atoms with Crippen LogP contribution in [0.5, 0.6) is 5.75 Å². The highest BCUT2D eigenvalue weighted by atomic mass is 16.5. The van der Waals surface area contributed by atoms with Crippen molar-refractivity contribution in [1.29, 1.82) is 0 Å². The van der Waals surface area contributed by atoms with Crippen LogP contribution in [0.15, 0.2) is 36.7 Å². The number of likely N-dealkylation sites (tertiary alicyclic amines) is 1. The summed E-state index contributed by atoms with van der Waals surface area (Å²) in [5.41, 5.74) is 1.21. The summed E-state index contributed by atoms with van der Waals surface area (Å²) in [4.78, 5) is 28.6. The summed E-state index contributed by atoms with van der Waals surface area (Å²) in [7, 11) is 0. The second-order valence-corrected chi connectivity index (χ2v) is 7.03. The van der Waals surface area contributed by atoms with Crippen molar-refractivity contribution in [1.82, 2.24) is 20.0 Å². The number of amides is 2. The average molecular weight is 384 g/mol. The highest BCUT2D eigenvalue weighted by molar-refractivity contribution is 5.94. The lowest BCUT2D eigenvalue weighted by atomic mass is 10.1. The van der Waals surface area contributed by atoms with Gasteiger partial charge in [-0.1, -0.05) is 6.07 Å². The SMILES string of the molecule is O=C(c1cccc(OC2CCN(C(=O)c3cn[nH]c3)CC2)c1)N1CCOCC1. The number of aromatic amines is 1. The van der Waals surface area contributed by atoms with E-state index in [0.717, 1.165) is 12.8 Å². The molecule has 0 unspecified atom stereocenters. The number of hydrogen-bond acceptors (Lipinski definition) is 5. The third-order valence-electron chi connectivity index (χ3n) is 5.16. The van der Waals surface area contributed by atoms with Crippen LogP contribution in [0.3, 0.4) is 0 Å². The minimum atomic E-state index is -0.00898. The van der Waals surface area contributed by atoms with Gasteiger partial charge in [0.1, 0.15) is 11.9 Å². The van der Waals surface area contributed by atoms with Gasteiger partial charge in [-0.05, 0) is 18.2 Å². The van der Waals surface area contributed by atoms with E-state index in [0.29, 0.717) is 56.3 Å². The minimum Gasteiger partial charge on any atom is -0.490 e. The van der Waals surface area contributed by atoms with Gasteiger partial charge in [-0.25, -0.2) is 0 Å². The Kier molecular flexibility index (Phi) is 5.57. The first-order valence-electron chi connectivity index (χ1n) is 9.62. The maximum atomic E-state index is 12.6. The lowest BCUT2D eigenvalue weighted by Gasteiger charge is -2.32. The predicted octanol–water partition coefficient (Wildman–Crippen LogP) is 1.57. The van der Waals surface area contributed by atoms with Crippen molar-refractivity contribution in [3.05, 3.63) is 47.8 Å². The van der Waals surface area contributed by atoms with E-state index in [1.54, 1.807) is 18.5 Å². The number of H-pyrrole nitrogens is 1. The predicted molar refractivity (Wildman–Crippen MR) is 101 cm³/mol. The molecule has 0 spiro atoms. The summed E-state index contributed by atoms with van der Waals surface area (Å²) >= 11 is 0. The molecule has 0 aliphatic carbocycles. The van der Waals surface area contributed by atoms with Crippen LogP contribution in [0, 0.1) is 0 Å². The van der Waals surface area contributed by atoms with Crippen LogP contribution in [0.25, 0.3) is 0 Å².